The van der Waals surface area contributed by atoms with E-state index >= 15 is 0 Å². The summed E-state index contributed by atoms with van der Waals surface area (Å²) in [4.78, 5) is 25.0. The van der Waals surface area contributed by atoms with Crippen molar-refractivity contribution >= 4 is 32.8 Å². The molecule has 3 heterocycles. The number of anilines is 1. The van der Waals surface area contributed by atoms with Gasteiger partial charge < -0.3 is 14.5 Å². The number of ether oxygens (including phenoxy) is 1. The smallest absolute Gasteiger partial charge is 0.410 e. The van der Waals surface area contributed by atoms with Crippen LogP contribution in [0.5, 0.6) is 0 Å². The molecule has 10 nitrogen and oxygen atoms in total. The first-order chi connectivity index (χ1) is 17.5. The van der Waals surface area contributed by atoms with E-state index in [-0.39, 0.29) is 28.8 Å². The molecule has 1 amide bonds. The second kappa shape index (κ2) is 10.6. The van der Waals surface area contributed by atoms with E-state index in [2.05, 4.69) is 33.8 Å². The molecule has 12 heteroatoms. The fourth-order valence-corrected chi connectivity index (χ4v) is 5.15. The molecule has 1 aromatic carbocycles. The van der Waals surface area contributed by atoms with Crippen LogP contribution in [-0.4, -0.2) is 77.2 Å². The Hall–Kier alpha value is -3.28. The second-order valence-electron chi connectivity index (χ2n) is 9.99. The predicted molar refractivity (Wildman–Crippen MR) is 138 cm³/mol. The Morgan fingerprint density at radius 1 is 1.19 bits per heavy atom. The van der Waals surface area contributed by atoms with Crippen LogP contribution >= 0.6 is 0 Å². The zero-order chi connectivity index (χ0) is 26.9. The lowest BCUT2D eigenvalue weighted by Gasteiger charge is -2.36. The van der Waals surface area contributed by atoms with Crippen LogP contribution in [0.3, 0.4) is 0 Å². The van der Waals surface area contributed by atoms with E-state index in [1.807, 2.05) is 13.8 Å². The van der Waals surface area contributed by atoms with Gasteiger partial charge in [-0.25, -0.2) is 32.3 Å². The Morgan fingerprint density at radius 2 is 1.89 bits per heavy atom. The normalized spacial score (nSPS) is 15.1. The third-order valence-electron chi connectivity index (χ3n) is 6.48. The number of carbonyl (C=O) groups excluding carboxylic acids is 1. The molecule has 0 bridgehead atoms. The van der Waals surface area contributed by atoms with Crippen LogP contribution in [0, 0.1) is 11.7 Å². The van der Waals surface area contributed by atoms with Crippen LogP contribution in [-0.2, 0) is 14.6 Å². The molecular formula is C25H33FN6O4S. The van der Waals surface area contributed by atoms with Crippen molar-refractivity contribution in [1.29, 1.82) is 0 Å². The Morgan fingerprint density at radius 3 is 2.49 bits per heavy atom. The van der Waals surface area contributed by atoms with E-state index in [1.54, 1.807) is 11.1 Å². The minimum absolute atomic E-state index is 0.101. The number of fused-ring (bicyclic) bond motifs is 1. The van der Waals surface area contributed by atoms with Gasteiger partial charge in [-0.15, -0.1) is 0 Å². The van der Waals surface area contributed by atoms with E-state index < -0.39 is 15.7 Å². The molecule has 37 heavy (non-hydrogen) atoms. The monoisotopic (exact) mass is 532 g/mol. The highest BCUT2D eigenvalue weighted by Gasteiger charge is 2.28. The molecule has 0 aliphatic carbocycles. The topological polar surface area (TPSA) is 111 Å². The van der Waals surface area contributed by atoms with Gasteiger partial charge in [-0.3, -0.25) is 0 Å². The van der Waals surface area contributed by atoms with Gasteiger partial charge in [0.15, 0.2) is 15.5 Å². The minimum atomic E-state index is -3.54. The summed E-state index contributed by atoms with van der Waals surface area (Å²) in [5, 5.41) is 5.03. The number of aromatic nitrogens is 4. The number of hydrogen-bond donors (Lipinski definition) is 0. The first-order valence-electron chi connectivity index (χ1n) is 12.4. The molecule has 0 radical (unpaired) electrons. The summed E-state index contributed by atoms with van der Waals surface area (Å²) in [6, 6.07) is 3.85. The minimum Gasteiger partial charge on any atom is -0.447 e. The van der Waals surface area contributed by atoms with Crippen molar-refractivity contribution in [2.45, 2.75) is 57.6 Å². The van der Waals surface area contributed by atoms with E-state index in [1.165, 1.54) is 23.1 Å². The lowest BCUT2D eigenvalue weighted by atomic mass is 9.96. The summed E-state index contributed by atoms with van der Waals surface area (Å²) in [6.07, 6.45) is 5.35. The molecule has 200 valence electrons. The number of benzene rings is 1. The van der Waals surface area contributed by atoms with Crippen molar-refractivity contribution in [2.75, 3.05) is 30.8 Å². The lowest BCUT2D eigenvalue weighted by molar-refractivity contribution is 0.0657. The number of amides is 1. The van der Waals surface area contributed by atoms with Gasteiger partial charge in [0, 0.05) is 31.9 Å². The number of likely N-dealkylation sites (tertiary alicyclic amines) is 1. The van der Waals surface area contributed by atoms with Crippen LogP contribution in [0.1, 0.15) is 40.5 Å². The molecule has 0 N–H and O–H groups in total. The molecule has 1 fully saturated rings. The highest BCUT2D eigenvalue weighted by Crippen LogP contribution is 2.30. The fraction of sp³-hybridized carbons (Fsp3) is 0.520. The summed E-state index contributed by atoms with van der Waals surface area (Å²) in [5.41, 5.74) is 0.525. The third-order valence-corrected chi connectivity index (χ3v) is 7.59. The molecule has 1 saturated heterocycles. The highest BCUT2D eigenvalue weighted by molar-refractivity contribution is 7.90. The van der Waals surface area contributed by atoms with E-state index in [0.717, 1.165) is 31.7 Å². The van der Waals surface area contributed by atoms with E-state index in [0.29, 0.717) is 35.9 Å². The number of rotatable bonds is 7. The van der Waals surface area contributed by atoms with Crippen LogP contribution in [0.2, 0.25) is 0 Å². The molecule has 2 aromatic heterocycles. The standard InChI is InChI=1S/C25H33FN6O4S/c1-16(2)31(14-18-8-10-30(11-9-18)25(33)36-17(3)4)23-20-13-29-32(24(20)28-15-27-23)22-7-6-19(12-21(22)26)37(5,34)35/h6-7,12-13,15-18H,8-11,14H2,1-5H3. The van der Waals surface area contributed by atoms with E-state index in [9.17, 15) is 17.6 Å². The summed E-state index contributed by atoms with van der Waals surface area (Å²) in [6.45, 7) is 9.86. The lowest BCUT2D eigenvalue weighted by Crippen LogP contribution is -2.44. The maximum atomic E-state index is 14.9. The molecule has 0 unspecified atom stereocenters. The highest BCUT2D eigenvalue weighted by atomic mass is 32.2. The Labute approximate surface area is 216 Å². The quantitative estimate of drug-likeness (QED) is 0.452. The van der Waals surface area contributed by atoms with Crippen molar-refractivity contribution in [3.63, 3.8) is 0 Å². The van der Waals surface area contributed by atoms with Crippen LogP contribution in [0.4, 0.5) is 15.0 Å². The molecule has 3 aromatic rings. The molecule has 0 spiro atoms. The summed E-state index contributed by atoms with van der Waals surface area (Å²) < 4.78 is 45.2. The molecule has 0 saturated carbocycles. The number of carbonyl (C=O) groups is 1. The van der Waals surface area contributed by atoms with Gasteiger partial charge >= 0.3 is 6.09 Å². The maximum Gasteiger partial charge on any atom is 0.410 e. The van der Waals surface area contributed by atoms with Gasteiger partial charge in [0.1, 0.15) is 23.6 Å². The van der Waals surface area contributed by atoms with Gasteiger partial charge in [0.25, 0.3) is 0 Å². The average molecular weight is 533 g/mol. The number of hydrogen-bond acceptors (Lipinski definition) is 8. The molecule has 0 atom stereocenters. The van der Waals surface area contributed by atoms with Crippen molar-refractivity contribution in [2.24, 2.45) is 5.92 Å². The SMILES string of the molecule is CC(C)OC(=O)N1CCC(CN(c2ncnc3c2cnn3-c2ccc(S(C)(=O)=O)cc2F)C(C)C)CC1. The molecule has 1 aliphatic rings. The molecule has 1 aliphatic heterocycles. The molecular weight excluding hydrogens is 499 g/mol. The van der Waals surface area contributed by atoms with Crippen molar-refractivity contribution in [3.8, 4) is 5.69 Å². The zero-order valence-corrected chi connectivity index (χ0v) is 22.6. The van der Waals surface area contributed by atoms with Gasteiger partial charge in [-0.1, -0.05) is 0 Å². The van der Waals surface area contributed by atoms with E-state index in [4.69, 9.17) is 4.74 Å². The summed E-state index contributed by atoms with van der Waals surface area (Å²) >= 11 is 0. The first-order valence-corrected chi connectivity index (χ1v) is 14.3. The summed E-state index contributed by atoms with van der Waals surface area (Å²) in [5.74, 6) is 0.337. The number of sulfone groups is 1. The Kier molecular flexibility index (Phi) is 7.67. The van der Waals surface area contributed by atoms with Gasteiger partial charge in [-0.05, 0) is 64.7 Å². The van der Waals surface area contributed by atoms with Crippen molar-refractivity contribution in [1.82, 2.24) is 24.6 Å². The molecule has 4 rings (SSSR count). The fourth-order valence-electron chi connectivity index (χ4n) is 4.52. The first kappa shape index (κ1) is 26.8. The van der Waals surface area contributed by atoms with Gasteiger partial charge in [0.2, 0.25) is 0 Å². The van der Waals surface area contributed by atoms with Crippen molar-refractivity contribution in [3.05, 3.63) is 36.5 Å². The van der Waals surface area contributed by atoms with Crippen LogP contribution in [0.15, 0.2) is 35.6 Å². The Bertz CT molecular complexity index is 1380. The maximum absolute atomic E-state index is 14.9. The Balaban J connectivity index is 1.58. The van der Waals surface area contributed by atoms with Crippen LogP contribution < -0.4 is 4.90 Å². The van der Waals surface area contributed by atoms with Crippen LogP contribution in [0.25, 0.3) is 16.7 Å². The van der Waals surface area contributed by atoms with Gasteiger partial charge in [0.05, 0.1) is 22.6 Å². The van der Waals surface area contributed by atoms with Gasteiger partial charge in [-0.2, -0.15) is 5.10 Å². The summed E-state index contributed by atoms with van der Waals surface area (Å²) in [7, 11) is -3.54. The largest absolute Gasteiger partial charge is 0.447 e. The predicted octanol–water partition coefficient (Wildman–Crippen LogP) is 3.83. The number of nitrogens with zero attached hydrogens (tertiary/aromatic N) is 6. The third kappa shape index (κ3) is 5.84. The number of piperidine rings is 1. The average Bonchev–Trinajstić information content (AvgIpc) is 3.26. The zero-order valence-electron chi connectivity index (χ0n) is 21.8. The number of halogens is 1. The van der Waals surface area contributed by atoms with Crippen molar-refractivity contribution < 1.29 is 22.3 Å². The second-order valence-corrected chi connectivity index (χ2v) is 12.0.